The second-order valence-corrected chi connectivity index (χ2v) is 7.68. The molecule has 3 aliphatic rings. The highest BCUT2D eigenvalue weighted by atomic mass is 16.5. The van der Waals surface area contributed by atoms with Crippen LogP contribution in [0.2, 0.25) is 0 Å². The van der Waals surface area contributed by atoms with E-state index in [4.69, 9.17) is 9.26 Å². The van der Waals surface area contributed by atoms with E-state index in [-0.39, 0.29) is 11.8 Å². The summed E-state index contributed by atoms with van der Waals surface area (Å²) >= 11 is 0. The molecule has 0 saturated carbocycles. The van der Waals surface area contributed by atoms with Crippen LogP contribution in [-0.4, -0.2) is 90.2 Å². The predicted molar refractivity (Wildman–Crippen MR) is 97.1 cm³/mol. The number of carbonyl (C=O) groups is 2. The first-order chi connectivity index (χ1) is 13.2. The molecule has 0 radical (unpaired) electrons. The average Bonchev–Trinajstić information content (AvgIpc) is 3.28. The molecule has 148 valence electrons. The summed E-state index contributed by atoms with van der Waals surface area (Å²) in [5.74, 6) is 0.342. The molecule has 1 aromatic rings. The number of hydrogen-bond acceptors (Lipinski definition) is 6. The number of hydrogen-bond donors (Lipinski definition) is 0. The van der Waals surface area contributed by atoms with E-state index in [2.05, 4.69) is 10.1 Å². The molecule has 4 heterocycles. The van der Waals surface area contributed by atoms with Crippen molar-refractivity contribution in [3.8, 4) is 0 Å². The van der Waals surface area contributed by atoms with Gasteiger partial charge in [-0.1, -0.05) is 5.16 Å². The molecule has 3 saturated heterocycles. The molecule has 27 heavy (non-hydrogen) atoms. The van der Waals surface area contributed by atoms with Crippen LogP contribution in [0.3, 0.4) is 0 Å². The lowest BCUT2D eigenvalue weighted by atomic mass is 9.92. The van der Waals surface area contributed by atoms with Crippen molar-refractivity contribution in [3.05, 3.63) is 18.0 Å². The first kappa shape index (κ1) is 18.4. The van der Waals surface area contributed by atoms with E-state index < -0.39 is 0 Å². The molecule has 1 aromatic heterocycles. The van der Waals surface area contributed by atoms with E-state index in [0.717, 1.165) is 65.0 Å². The second kappa shape index (κ2) is 8.39. The molecular formula is C19H28N4O4. The Kier molecular flexibility index (Phi) is 5.73. The smallest absolute Gasteiger partial charge is 0.276 e. The molecule has 3 fully saturated rings. The summed E-state index contributed by atoms with van der Waals surface area (Å²) in [5, 5.41) is 3.75. The molecular weight excluding hydrogens is 348 g/mol. The molecule has 1 atom stereocenters. The van der Waals surface area contributed by atoms with Crippen LogP contribution >= 0.6 is 0 Å². The molecule has 4 rings (SSSR count). The van der Waals surface area contributed by atoms with Gasteiger partial charge in [0.05, 0.1) is 19.1 Å². The van der Waals surface area contributed by atoms with E-state index in [0.29, 0.717) is 30.9 Å². The van der Waals surface area contributed by atoms with Gasteiger partial charge in [-0.3, -0.25) is 14.5 Å². The van der Waals surface area contributed by atoms with Gasteiger partial charge in [0.15, 0.2) is 5.69 Å². The Morgan fingerprint density at radius 3 is 2.48 bits per heavy atom. The van der Waals surface area contributed by atoms with E-state index in [1.807, 2.05) is 9.80 Å². The zero-order valence-electron chi connectivity index (χ0n) is 15.7. The summed E-state index contributed by atoms with van der Waals surface area (Å²) in [6.45, 7) is 6.10. The number of rotatable bonds is 3. The molecule has 0 aliphatic carbocycles. The van der Waals surface area contributed by atoms with Crippen molar-refractivity contribution in [1.82, 2.24) is 19.9 Å². The van der Waals surface area contributed by atoms with Gasteiger partial charge in [0.1, 0.15) is 6.26 Å². The van der Waals surface area contributed by atoms with Crippen molar-refractivity contribution in [2.24, 2.45) is 5.92 Å². The number of morpholine rings is 1. The third-order valence-electron chi connectivity index (χ3n) is 6.05. The topological polar surface area (TPSA) is 79.1 Å². The molecule has 0 unspecified atom stereocenters. The van der Waals surface area contributed by atoms with Crippen LogP contribution in [-0.2, 0) is 9.53 Å². The maximum absolute atomic E-state index is 12.8. The van der Waals surface area contributed by atoms with Gasteiger partial charge in [-0.15, -0.1) is 0 Å². The van der Waals surface area contributed by atoms with Crippen molar-refractivity contribution in [2.75, 3.05) is 52.5 Å². The molecule has 3 aliphatic heterocycles. The number of ether oxygens (including phenoxy) is 1. The Hall–Kier alpha value is -1.93. The van der Waals surface area contributed by atoms with Crippen LogP contribution < -0.4 is 0 Å². The minimum atomic E-state index is -0.0544. The van der Waals surface area contributed by atoms with Crippen molar-refractivity contribution < 1.29 is 18.8 Å². The molecule has 8 nitrogen and oxygen atoms in total. The second-order valence-electron chi connectivity index (χ2n) is 7.68. The van der Waals surface area contributed by atoms with E-state index >= 15 is 0 Å². The number of amides is 2. The summed E-state index contributed by atoms with van der Waals surface area (Å²) in [4.78, 5) is 31.5. The lowest BCUT2D eigenvalue weighted by Crippen LogP contribution is -2.53. The lowest BCUT2D eigenvalue weighted by molar-refractivity contribution is -0.141. The quantitative estimate of drug-likeness (QED) is 0.778. The zero-order valence-corrected chi connectivity index (χ0v) is 15.7. The summed E-state index contributed by atoms with van der Waals surface area (Å²) in [6.07, 6.45) is 5.37. The Balaban J connectivity index is 1.29. The molecule has 0 aromatic carbocycles. The van der Waals surface area contributed by atoms with Gasteiger partial charge in [-0.25, -0.2) is 0 Å². The van der Waals surface area contributed by atoms with E-state index in [1.54, 1.807) is 6.07 Å². The summed E-state index contributed by atoms with van der Waals surface area (Å²) in [7, 11) is 0. The Labute approximate surface area is 159 Å². The predicted octanol–water partition coefficient (Wildman–Crippen LogP) is 0.850. The van der Waals surface area contributed by atoms with Crippen molar-refractivity contribution in [1.29, 1.82) is 0 Å². The Bertz CT molecular complexity index is 636. The van der Waals surface area contributed by atoms with Crippen LogP contribution in [0.15, 0.2) is 16.9 Å². The maximum atomic E-state index is 12.8. The van der Waals surface area contributed by atoms with E-state index in [9.17, 15) is 9.59 Å². The third kappa shape index (κ3) is 4.16. The van der Waals surface area contributed by atoms with Gasteiger partial charge in [-0.2, -0.15) is 0 Å². The van der Waals surface area contributed by atoms with Gasteiger partial charge in [0, 0.05) is 44.8 Å². The van der Waals surface area contributed by atoms with Crippen LogP contribution in [0.25, 0.3) is 0 Å². The fourth-order valence-electron chi connectivity index (χ4n) is 4.50. The minimum absolute atomic E-state index is 0.0544. The van der Waals surface area contributed by atoms with Crippen molar-refractivity contribution in [2.45, 2.75) is 31.7 Å². The molecule has 0 spiro atoms. The largest absolute Gasteiger partial charge is 0.378 e. The fraction of sp³-hybridized carbons (Fsp3) is 0.737. The zero-order chi connectivity index (χ0) is 18.6. The van der Waals surface area contributed by atoms with Gasteiger partial charge in [-0.05, 0) is 32.2 Å². The standard InChI is InChI=1S/C19H28N4O4/c24-18(22-9-12-26-13-10-22)15-2-1-6-23(14-15)16-3-7-21(8-4-16)19(25)17-5-11-27-20-17/h5,11,15-16H,1-4,6-10,12-14H2/t15-/m0/s1. The van der Waals surface area contributed by atoms with Gasteiger partial charge >= 0.3 is 0 Å². The highest BCUT2D eigenvalue weighted by Gasteiger charge is 2.34. The lowest BCUT2D eigenvalue weighted by Gasteiger charge is -2.42. The summed E-state index contributed by atoms with van der Waals surface area (Å²) in [5.41, 5.74) is 0.377. The van der Waals surface area contributed by atoms with Crippen LogP contribution in [0.5, 0.6) is 0 Å². The Morgan fingerprint density at radius 1 is 1.00 bits per heavy atom. The minimum Gasteiger partial charge on any atom is -0.378 e. The Morgan fingerprint density at radius 2 is 1.78 bits per heavy atom. The fourth-order valence-corrected chi connectivity index (χ4v) is 4.50. The monoisotopic (exact) mass is 376 g/mol. The first-order valence-electron chi connectivity index (χ1n) is 10.0. The average molecular weight is 376 g/mol. The van der Waals surface area contributed by atoms with Crippen LogP contribution in [0, 0.1) is 5.92 Å². The summed E-state index contributed by atoms with van der Waals surface area (Å²) < 4.78 is 10.1. The third-order valence-corrected chi connectivity index (χ3v) is 6.05. The van der Waals surface area contributed by atoms with Gasteiger partial charge < -0.3 is 19.1 Å². The summed E-state index contributed by atoms with van der Waals surface area (Å²) in [6, 6.07) is 2.06. The number of nitrogens with zero attached hydrogens (tertiary/aromatic N) is 4. The number of aromatic nitrogens is 1. The van der Waals surface area contributed by atoms with Crippen LogP contribution in [0.4, 0.5) is 0 Å². The number of piperidine rings is 2. The SMILES string of the molecule is O=C(c1ccon1)N1CCC(N2CCC[C@H](C(=O)N3CCOCC3)C2)CC1. The van der Waals surface area contributed by atoms with Gasteiger partial charge in [0.2, 0.25) is 5.91 Å². The van der Waals surface area contributed by atoms with Crippen LogP contribution in [0.1, 0.15) is 36.2 Å². The maximum Gasteiger partial charge on any atom is 0.276 e. The van der Waals surface area contributed by atoms with E-state index in [1.165, 1.54) is 6.26 Å². The van der Waals surface area contributed by atoms with Crippen molar-refractivity contribution >= 4 is 11.8 Å². The molecule has 2 amide bonds. The highest BCUT2D eigenvalue weighted by molar-refractivity contribution is 5.92. The number of carbonyl (C=O) groups excluding carboxylic acids is 2. The van der Waals surface area contributed by atoms with Gasteiger partial charge in [0.25, 0.3) is 5.91 Å². The normalized spacial score (nSPS) is 25.6. The molecule has 8 heteroatoms. The molecule has 0 bridgehead atoms. The highest BCUT2D eigenvalue weighted by Crippen LogP contribution is 2.26. The number of likely N-dealkylation sites (tertiary alicyclic amines) is 2. The first-order valence-corrected chi connectivity index (χ1v) is 10.0. The van der Waals surface area contributed by atoms with Crippen molar-refractivity contribution in [3.63, 3.8) is 0 Å². The molecule has 0 N–H and O–H groups in total.